The van der Waals surface area contributed by atoms with Crippen LogP contribution in [-0.4, -0.2) is 31.1 Å². The van der Waals surface area contributed by atoms with Crippen molar-refractivity contribution >= 4 is 35.2 Å². The Balaban J connectivity index is 1.49. The van der Waals surface area contributed by atoms with Gasteiger partial charge < -0.3 is 15.4 Å². The molecule has 140 valence electrons. The van der Waals surface area contributed by atoms with Crippen LogP contribution in [0.4, 0.5) is 5.69 Å². The minimum atomic E-state index is -0.250. The fraction of sp³-hybridized carbons (Fsp3) is 0.238. The third-order valence-electron chi connectivity index (χ3n) is 4.23. The van der Waals surface area contributed by atoms with Crippen LogP contribution in [0.15, 0.2) is 54.6 Å². The summed E-state index contributed by atoms with van der Waals surface area (Å²) < 4.78 is 5.49. The molecule has 2 aromatic carbocycles. The highest BCUT2D eigenvalue weighted by atomic mass is 35.5. The zero-order chi connectivity index (χ0) is 19.1. The van der Waals surface area contributed by atoms with Crippen molar-refractivity contribution in [3.8, 4) is 0 Å². The van der Waals surface area contributed by atoms with E-state index >= 15 is 0 Å². The molecule has 0 saturated carbocycles. The highest BCUT2D eigenvalue weighted by molar-refractivity contribution is 6.30. The lowest BCUT2D eigenvalue weighted by Crippen LogP contribution is -2.31. The second-order valence-corrected chi connectivity index (χ2v) is 6.73. The maximum Gasteiger partial charge on any atom is 0.251 e. The molecule has 0 aromatic heterocycles. The standard InChI is InChI=1S/C21H21ClN2O3/c22-17-8-3-15(4-9-17)5-12-20(25)24-18-10-6-16(7-11-18)21(26)23-14-19-2-1-13-27-19/h3-12,19H,1-2,13-14H2,(H,23,26)(H,24,25)/b12-5+. The Kier molecular flexibility index (Phi) is 6.63. The number of carbonyl (C=O) groups excluding carboxylic acids is 2. The summed E-state index contributed by atoms with van der Waals surface area (Å²) in [7, 11) is 0. The predicted molar refractivity (Wildman–Crippen MR) is 107 cm³/mol. The van der Waals surface area contributed by atoms with Crippen LogP contribution in [0.25, 0.3) is 6.08 Å². The van der Waals surface area contributed by atoms with Gasteiger partial charge in [0.05, 0.1) is 6.10 Å². The number of ether oxygens (including phenoxy) is 1. The summed E-state index contributed by atoms with van der Waals surface area (Å²) >= 11 is 5.83. The highest BCUT2D eigenvalue weighted by Crippen LogP contribution is 2.13. The maximum atomic E-state index is 12.1. The molecule has 1 saturated heterocycles. The smallest absolute Gasteiger partial charge is 0.251 e. The largest absolute Gasteiger partial charge is 0.376 e. The first-order valence-electron chi connectivity index (χ1n) is 8.85. The summed E-state index contributed by atoms with van der Waals surface area (Å²) in [5.74, 6) is -0.397. The van der Waals surface area contributed by atoms with Gasteiger partial charge in [-0.25, -0.2) is 0 Å². The molecule has 1 aliphatic rings. The number of carbonyl (C=O) groups is 2. The van der Waals surface area contributed by atoms with Crippen LogP contribution in [0.5, 0.6) is 0 Å². The van der Waals surface area contributed by atoms with Gasteiger partial charge in [-0.05, 0) is 60.9 Å². The van der Waals surface area contributed by atoms with Crippen molar-refractivity contribution in [3.63, 3.8) is 0 Å². The molecule has 6 heteroatoms. The number of halogens is 1. The van der Waals surface area contributed by atoms with E-state index in [2.05, 4.69) is 10.6 Å². The topological polar surface area (TPSA) is 67.4 Å². The van der Waals surface area contributed by atoms with Gasteiger partial charge in [0.15, 0.2) is 0 Å². The number of hydrogen-bond donors (Lipinski definition) is 2. The van der Waals surface area contributed by atoms with E-state index in [0.29, 0.717) is 22.8 Å². The Bertz CT molecular complexity index is 810. The molecule has 5 nitrogen and oxygen atoms in total. The monoisotopic (exact) mass is 384 g/mol. The van der Waals surface area contributed by atoms with Crippen molar-refractivity contribution in [1.82, 2.24) is 5.32 Å². The Morgan fingerprint density at radius 2 is 1.85 bits per heavy atom. The van der Waals surface area contributed by atoms with Crippen LogP contribution >= 0.6 is 11.6 Å². The molecule has 0 bridgehead atoms. The van der Waals surface area contributed by atoms with Crippen LogP contribution in [0, 0.1) is 0 Å². The number of benzene rings is 2. The average molecular weight is 385 g/mol. The predicted octanol–water partition coefficient (Wildman–Crippen LogP) is 3.90. The second kappa shape index (κ2) is 9.35. The SMILES string of the molecule is O=C(/C=C/c1ccc(Cl)cc1)Nc1ccc(C(=O)NCC2CCCO2)cc1. The van der Waals surface area contributed by atoms with E-state index < -0.39 is 0 Å². The van der Waals surface area contributed by atoms with E-state index in [1.807, 2.05) is 12.1 Å². The van der Waals surface area contributed by atoms with E-state index in [1.165, 1.54) is 6.08 Å². The third-order valence-corrected chi connectivity index (χ3v) is 4.48. The van der Waals surface area contributed by atoms with Gasteiger partial charge in [-0.3, -0.25) is 9.59 Å². The van der Waals surface area contributed by atoms with Gasteiger partial charge in [0.2, 0.25) is 5.91 Å². The van der Waals surface area contributed by atoms with Gasteiger partial charge in [-0.2, -0.15) is 0 Å². The quantitative estimate of drug-likeness (QED) is 0.742. The van der Waals surface area contributed by atoms with Crippen LogP contribution < -0.4 is 10.6 Å². The number of anilines is 1. The number of hydrogen-bond acceptors (Lipinski definition) is 3. The normalized spacial score (nSPS) is 16.4. The lowest BCUT2D eigenvalue weighted by molar-refractivity contribution is -0.111. The van der Waals surface area contributed by atoms with E-state index in [0.717, 1.165) is 25.0 Å². The number of nitrogens with one attached hydrogen (secondary N) is 2. The number of rotatable bonds is 6. The molecule has 3 rings (SSSR count). The van der Waals surface area contributed by atoms with Crippen LogP contribution in [-0.2, 0) is 9.53 Å². The second-order valence-electron chi connectivity index (χ2n) is 6.30. The maximum absolute atomic E-state index is 12.1. The molecule has 2 N–H and O–H groups in total. The van der Waals surface area contributed by atoms with Crippen molar-refractivity contribution in [3.05, 3.63) is 70.8 Å². The van der Waals surface area contributed by atoms with Gasteiger partial charge in [0, 0.05) is 35.5 Å². The summed E-state index contributed by atoms with van der Waals surface area (Å²) in [4.78, 5) is 24.1. The third kappa shape index (κ3) is 5.94. The van der Waals surface area contributed by atoms with Gasteiger partial charge in [0.25, 0.3) is 5.91 Å². The van der Waals surface area contributed by atoms with Gasteiger partial charge in [-0.1, -0.05) is 23.7 Å². The molecule has 1 atom stereocenters. The van der Waals surface area contributed by atoms with Crippen molar-refractivity contribution in [1.29, 1.82) is 0 Å². The lowest BCUT2D eigenvalue weighted by atomic mass is 10.1. The molecule has 0 aliphatic carbocycles. The van der Waals surface area contributed by atoms with Crippen molar-refractivity contribution < 1.29 is 14.3 Å². The fourth-order valence-electron chi connectivity index (χ4n) is 2.75. The van der Waals surface area contributed by atoms with Crippen molar-refractivity contribution in [2.45, 2.75) is 18.9 Å². The zero-order valence-electron chi connectivity index (χ0n) is 14.8. The van der Waals surface area contributed by atoms with E-state index in [9.17, 15) is 9.59 Å². The average Bonchev–Trinajstić information content (AvgIpc) is 3.20. The fourth-order valence-corrected chi connectivity index (χ4v) is 2.87. The lowest BCUT2D eigenvalue weighted by Gasteiger charge is -2.11. The first-order valence-corrected chi connectivity index (χ1v) is 9.22. The summed E-state index contributed by atoms with van der Waals surface area (Å²) in [5, 5.41) is 6.28. The molecular formula is C21H21ClN2O3. The molecule has 0 radical (unpaired) electrons. The van der Waals surface area contributed by atoms with Crippen molar-refractivity contribution in [2.75, 3.05) is 18.5 Å². The molecular weight excluding hydrogens is 364 g/mol. The molecule has 1 heterocycles. The summed E-state index contributed by atoms with van der Waals surface area (Å²) in [6.45, 7) is 1.29. The Labute approximate surface area is 163 Å². The Morgan fingerprint density at radius 3 is 2.52 bits per heavy atom. The highest BCUT2D eigenvalue weighted by Gasteiger charge is 2.16. The first kappa shape index (κ1) is 19.1. The molecule has 2 amide bonds. The first-order chi connectivity index (χ1) is 13.1. The molecule has 27 heavy (non-hydrogen) atoms. The molecule has 1 aliphatic heterocycles. The van der Waals surface area contributed by atoms with Crippen LogP contribution in [0.3, 0.4) is 0 Å². The summed E-state index contributed by atoms with van der Waals surface area (Å²) in [5.41, 5.74) is 2.05. The summed E-state index contributed by atoms with van der Waals surface area (Å²) in [6, 6.07) is 14.0. The minimum absolute atomic E-state index is 0.111. The van der Waals surface area contributed by atoms with Crippen LogP contribution in [0.1, 0.15) is 28.8 Å². The van der Waals surface area contributed by atoms with E-state index in [1.54, 1.807) is 42.5 Å². The molecule has 1 fully saturated rings. The molecule has 1 unspecified atom stereocenters. The Hall–Kier alpha value is -2.63. The van der Waals surface area contributed by atoms with E-state index in [-0.39, 0.29) is 17.9 Å². The Morgan fingerprint density at radius 1 is 1.11 bits per heavy atom. The van der Waals surface area contributed by atoms with Crippen LogP contribution in [0.2, 0.25) is 5.02 Å². The van der Waals surface area contributed by atoms with Gasteiger partial charge in [-0.15, -0.1) is 0 Å². The summed E-state index contributed by atoms with van der Waals surface area (Å²) in [6.07, 6.45) is 5.29. The van der Waals surface area contributed by atoms with Gasteiger partial charge in [0.1, 0.15) is 0 Å². The molecule has 0 spiro atoms. The zero-order valence-corrected chi connectivity index (χ0v) is 15.5. The van der Waals surface area contributed by atoms with E-state index in [4.69, 9.17) is 16.3 Å². The van der Waals surface area contributed by atoms with Crippen molar-refractivity contribution in [2.24, 2.45) is 0 Å². The van der Waals surface area contributed by atoms with Gasteiger partial charge >= 0.3 is 0 Å². The molecule has 2 aromatic rings. The number of amides is 2. The minimum Gasteiger partial charge on any atom is -0.376 e.